The summed E-state index contributed by atoms with van der Waals surface area (Å²) in [6.45, 7) is 11.6. The second-order valence-corrected chi connectivity index (χ2v) is 20.6. The number of carboxylic acids is 2. The van der Waals surface area contributed by atoms with Crippen LogP contribution >= 0.6 is 0 Å². The van der Waals surface area contributed by atoms with E-state index in [-0.39, 0.29) is 23.7 Å². The van der Waals surface area contributed by atoms with Gasteiger partial charge in [-0.3, -0.25) is 9.59 Å². The van der Waals surface area contributed by atoms with Crippen molar-refractivity contribution in [3.63, 3.8) is 0 Å². The van der Waals surface area contributed by atoms with E-state index in [1.807, 2.05) is 6.92 Å². The van der Waals surface area contributed by atoms with E-state index >= 15 is 0 Å². The first-order chi connectivity index (χ1) is 27.3. The van der Waals surface area contributed by atoms with Crippen molar-refractivity contribution in [1.82, 2.24) is 0 Å². The highest BCUT2D eigenvalue weighted by Gasteiger charge is 2.73. The third-order valence-corrected chi connectivity index (χ3v) is 17.2. The Morgan fingerprint density at radius 3 is 2.00 bits per heavy atom. The number of aliphatic hydroxyl groups excluding tert-OH is 8. The molecular formula is C42H64O17. The molecule has 17 heteroatoms. The van der Waals surface area contributed by atoms with Gasteiger partial charge in [-0.1, -0.05) is 46.3 Å². The van der Waals surface area contributed by atoms with E-state index in [4.69, 9.17) is 18.9 Å². The Bertz CT molecular complexity index is 1700. The minimum atomic E-state index is -1.98. The van der Waals surface area contributed by atoms with Gasteiger partial charge in [0, 0.05) is 0 Å². The first-order valence-electron chi connectivity index (χ1n) is 21.1. The molecule has 2 saturated heterocycles. The van der Waals surface area contributed by atoms with Crippen molar-refractivity contribution < 1.29 is 84.4 Å². The summed E-state index contributed by atoms with van der Waals surface area (Å²) in [6, 6.07) is 0. The van der Waals surface area contributed by atoms with Gasteiger partial charge >= 0.3 is 17.9 Å². The number of carboxylic acid groups (broad SMARTS) is 2. The molecule has 5 aliphatic carbocycles. The average Bonchev–Trinajstić information content (AvgIpc) is 3.16. The fourth-order valence-electron chi connectivity index (χ4n) is 13.6. The van der Waals surface area contributed by atoms with Gasteiger partial charge in [0.05, 0.1) is 23.5 Å². The Labute approximate surface area is 343 Å². The molecule has 20 atom stereocenters. The summed E-state index contributed by atoms with van der Waals surface area (Å²) in [5, 5.41) is 105. The summed E-state index contributed by atoms with van der Waals surface area (Å²) in [4.78, 5) is 39.9. The Kier molecular flexibility index (Phi) is 11.3. The fourth-order valence-corrected chi connectivity index (χ4v) is 13.6. The van der Waals surface area contributed by atoms with Gasteiger partial charge in [-0.15, -0.1) is 0 Å². The summed E-state index contributed by atoms with van der Waals surface area (Å²) in [5.74, 6) is -4.45. The van der Waals surface area contributed by atoms with Crippen LogP contribution in [0.3, 0.4) is 0 Å². The number of hydrogen-bond acceptors (Lipinski definition) is 15. The zero-order valence-electron chi connectivity index (χ0n) is 34.6. The number of esters is 1. The van der Waals surface area contributed by atoms with Crippen LogP contribution in [0.5, 0.6) is 0 Å². The van der Waals surface area contributed by atoms with Crippen molar-refractivity contribution in [2.45, 2.75) is 173 Å². The highest BCUT2D eigenvalue weighted by Crippen LogP contribution is 2.76. The lowest BCUT2D eigenvalue weighted by molar-refractivity contribution is -0.335. The molecule has 6 fully saturated rings. The number of carbonyl (C=O) groups is 3. The summed E-state index contributed by atoms with van der Waals surface area (Å²) >= 11 is 0. The van der Waals surface area contributed by atoms with Crippen LogP contribution in [0, 0.1) is 50.2 Å². The molecule has 0 amide bonds. The van der Waals surface area contributed by atoms with E-state index in [1.165, 1.54) is 6.92 Å². The topological polar surface area (TPSA) is 290 Å². The van der Waals surface area contributed by atoms with Crippen molar-refractivity contribution in [3.05, 3.63) is 11.6 Å². The molecule has 20 unspecified atom stereocenters. The van der Waals surface area contributed by atoms with Crippen LogP contribution in [-0.2, 0) is 33.3 Å². The monoisotopic (exact) mass is 840 g/mol. The molecule has 0 spiro atoms. The molecule has 4 saturated carbocycles. The van der Waals surface area contributed by atoms with Crippen molar-refractivity contribution in [2.75, 3.05) is 6.61 Å². The molecule has 10 N–H and O–H groups in total. The molecule has 17 nitrogen and oxygen atoms in total. The largest absolute Gasteiger partial charge is 0.481 e. The highest BCUT2D eigenvalue weighted by molar-refractivity contribution is 5.79. The molecule has 0 aromatic carbocycles. The lowest BCUT2D eigenvalue weighted by Crippen LogP contribution is -2.70. The summed E-state index contributed by atoms with van der Waals surface area (Å²) in [6.07, 6.45) is -13.8. The van der Waals surface area contributed by atoms with Gasteiger partial charge in [0.1, 0.15) is 48.8 Å². The molecule has 0 aromatic rings. The van der Waals surface area contributed by atoms with Gasteiger partial charge in [0.2, 0.25) is 6.29 Å². The van der Waals surface area contributed by atoms with Crippen LogP contribution in [0.25, 0.3) is 0 Å². The maximum absolute atomic E-state index is 14.6. The van der Waals surface area contributed by atoms with E-state index in [9.17, 15) is 65.4 Å². The van der Waals surface area contributed by atoms with Crippen molar-refractivity contribution >= 4 is 17.9 Å². The number of hydrogen-bond donors (Lipinski definition) is 10. The molecule has 7 aliphatic rings. The van der Waals surface area contributed by atoms with Crippen LogP contribution in [0.4, 0.5) is 0 Å². The number of ether oxygens (including phenoxy) is 4. The SMILES string of the molecule is CC1(C)CCC2(C(=O)OC3OC(CO)C(O)C(O)C3O)CCC3(C)C(=CCC4C5(C)CC(O)C(OC6OC(C(=O)O)C(O)C(O)C6O)C(C)(C(=O)O)C5CCC43C)C2C1. The van der Waals surface area contributed by atoms with Gasteiger partial charge in [-0.2, -0.15) is 0 Å². The molecule has 0 aromatic heterocycles. The number of fused-ring (bicyclic) bond motifs is 7. The van der Waals surface area contributed by atoms with Crippen LogP contribution in [0.15, 0.2) is 11.6 Å². The third-order valence-electron chi connectivity index (χ3n) is 17.2. The van der Waals surface area contributed by atoms with Crippen molar-refractivity contribution in [3.8, 4) is 0 Å². The zero-order valence-corrected chi connectivity index (χ0v) is 34.6. The number of carbonyl (C=O) groups excluding carboxylic acids is 1. The standard InChI is InChI=1S/C42H64O17/c1-37(2)11-13-42(36(55)59-33-28(49)25(46)24(45)21(17-43)56-33)14-12-39(4)18(19(42)15-37)7-8-22-38(3)16-20(44)31(41(6,35(53)54)23(38)9-10-40(22,39)5)58-34-29(50)26(47)27(48)30(57-34)32(51)52/h7,19-31,33-34,43-50H,8-17H2,1-6H3,(H,51,52)(H,53,54). The molecular weight excluding hydrogens is 776 g/mol. The van der Waals surface area contributed by atoms with Crippen LogP contribution in [0.2, 0.25) is 0 Å². The lowest BCUT2D eigenvalue weighted by atomic mass is 9.33. The van der Waals surface area contributed by atoms with E-state index < -0.39 is 131 Å². The normalized spacial score (nSPS) is 53.1. The van der Waals surface area contributed by atoms with Crippen molar-refractivity contribution in [1.29, 1.82) is 0 Å². The Hall–Kier alpha value is -2.29. The first kappa shape index (κ1) is 44.8. The fraction of sp³-hybridized carbons (Fsp3) is 0.881. The first-order valence-corrected chi connectivity index (χ1v) is 21.1. The summed E-state index contributed by atoms with van der Waals surface area (Å²) < 4.78 is 22.9. The van der Waals surface area contributed by atoms with Crippen LogP contribution in [0.1, 0.15) is 99.3 Å². The van der Waals surface area contributed by atoms with E-state index in [1.54, 1.807) is 0 Å². The van der Waals surface area contributed by atoms with E-state index in [0.717, 1.165) is 12.0 Å². The Morgan fingerprint density at radius 1 is 0.746 bits per heavy atom. The van der Waals surface area contributed by atoms with Gasteiger partial charge in [-0.05, 0) is 104 Å². The summed E-state index contributed by atoms with van der Waals surface area (Å²) in [7, 11) is 0. The molecule has 334 valence electrons. The van der Waals surface area contributed by atoms with Gasteiger partial charge in [0.25, 0.3) is 0 Å². The molecule has 0 radical (unpaired) electrons. The molecule has 0 bridgehead atoms. The van der Waals surface area contributed by atoms with E-state index in [2.05, 4.69) is 33.8 Å². The zero-order chi connectivity index (χ0) is 43.6. The quantitative estimate of drug-likeness (QED) is 0.0946. The van der Waals surface area contributed by atoms with Gasteiger partial charge < -0.3 is 70.0 Å². The highest BCUT2D eigenvalue weighted by atomic mass is 16.7. The minimum Gasteiger partial charge on any atom is -0.481 e. The predicted molar refractivity (Wildman–Crippen MR) is 201 cm³/mol. The van der Waals surface area contributed by atoms with Crippen molar-refractivity contribution in [2.24, 2.45) is 50.2 Å². The summed E-state index contributed by atoms with van der Waals surface area (Å²) in [5.41, 5.74) is -3.48. The van der Waals surface area contributed by atoms with E-state index in [0.29, 0.717) is 44.9 Å². The molecule has 7 rings (SSSR count). The van der Waals surface area contributed by atoms with Gasteiger partial charge in [-0.25, -0.2) is 4.79 Å². The van der Waals surface area contributed by atoms with Crippen LogP contribution in [-0.4, -0.2) is 149 Å². The van der Waals surface area contributed by atoms with Crippen LogP contribution < -0.4 is 0 Å². The minimum absolute atomic E-state index is 0.104. The Morgan fingerprint density at radius 2 is 1.37 bits per heavy atom. The number of aliphatic hydroxyl groups is 8. The predicted octanol–water partition coefficient (Wildman–Crippen LogP) is 0.444. The Balaban J connectivity index is 1.21. The maximum atomic E-state index is 14.6. The number of rotatable bonds is 7. The smallest absolute Gasteiger partial charge is 0.335 e. The number of allylic oxidation sites excluding steroid dienone is 2. The maximum Gasteiger partial charge on any atom is 0.335 e. The molecule has 59 heavy (non-hydrogen) atoms. The lowest BCUT2D eigenvalue weighted by Gasteiger charge is -2.71. The third kappa shape index (κ3) is 6.46. The molecule has 2 aliphatic heterocycles. The second kappa shape index (κ2) is 14.9. The average molecular weight is 841 g/mol. The number of aliphatic carboxylic acids is 2. The van der Waals surface area contributed by atoms with Gasteiger partial charge in [0.15, 0.2) is 12.4 Å². The second-order valence-electron chi connectivity index (χ2n) is 20.6. The molecule has 2 heterocycles.